The predicted octanol–water partition coefficient (Wildman–Crippen LogP) is 2.78. The van der Waals surface area contributed by atoms with Gasteiger partial charge >= 0.3 is 0 Å². The van der Waals surface area contributed by atoms with Crippen molar-refractivity contribution in [3.8, 4) is 5.75 Å². The molecule has 0 fully saturated rings. The molecule has 2 N–H and O–H groups in total. The van der Waals surface area contributed by atoms with Crippen LogP contribution in [0.1, 0.15) is 11.1 Å². The standard InChI is InChI=1S/C15H16ClNO3S/c1-21(18,19)14-4-2-3-13(8-14)20-10-12-6-5-11(9-17)7-15(12)16/h2-8H,9-10,17H2,1H3. The summed E-state index contributed by atoms with van der Waals surface area (Å²) in [6, 6.07) is 11.9. The van der Waals surface area contributed by atoms with Crippen molar-refractivity contribution in [1.82, 2.24) is 0 Å². The van der Waals surface area contributed by atoms with Gasteiger partial charge in [-0.05, 0) is 29.8 Å². The average molecular weight is 326 g/mol. The number of hydrogen-bond acceptors (Lipinski definition) is 4. The molecule has 0 bridgehead atoms. The number of benzene rings is 2. The second-order valence-electron chi connectivity index (χ2n) is 4.67. The lowest BCUT2D eigenvalue weighted by Gasteiger charge is -2.09. The number of sulfone groups is 1. The SMILES string of the molecule is CS(=O)(=O)c1cccc(OCc2ccc(CN)cc2Cl)c1. The maximum absolute atomic E-state index is 11.5. The zero-order valence-electron chi connectivity index (χ0n) is 11.5. The van der Waals surface area contributed by atoms with Gasteiger partial charge in [0.25, 0.3) is 0 Å². The molecule has 0 aliphatic rings. The fourth-order valence-corrected chi connectivity index (χ4v) is 2.70. The minimum Gasteiger partial charge on any atom is -0.489 e. The molecule has 4 nitrogen and oxygen atoms in total. The lowest BCUT2D eigenvalue weighted by atomic mass is 10.1. The molecule has 2 aromatic rings. The van der Waals surface area contributed by atoms with Gasteiger partial charge in [0, 0.05) is 23.4 Å². The van der Waals surface area contributed by atoms with E-state index in [1.165, 1.54) is 12.1 Å². The van der Waals surface area contributed by atoms with Crippen molar-refractivity contribution in [2.24, 2.45) is 5.73 Å². The van der Waals surface area contributed by atoms with E-state index in [1.807, 2.05) is 12.1 Å². The number of rotatable bonds is 5. The van der Waals surface area contributed by atoms with Gasteiger partial charge in [-0.1, -0.05) is 29.8 Å². The second-order valence-corrected chi connectivity index (χ2v) is 7.09. The van der Waals surface area contributed by atoms with Gasteiger partial charge in [-0.3, -0.25) is 0 Å². The van der Waals surface area contributed by atoms with E-state index in [0.717, 1.165) is 17.4 Å². The highest BCUT2D eigenvalue weighted by Gasteiger charge is 2.08. The first-order valence-electron chi connectivity index (χ1n) is 6.30. The molecule has 2 aromatic carbocycles. The van der Waals surface area contributed by atoms with Gasteiger partial charge in [-0.2, -0.15) is 0 Å². The topological polar surface area (TPSA) is 69.4 Å². The third kappa shape index (κ3) is 4.20. The fraction of sp³-hybridized carbons (Fsp3) is 0.200. The summed E-state index contributed by atoms with van der Waals surface area (Å²) in [5.74, 6) is 0.483. The van der Waals surface area contributed by atoms with Gasteiger partial charge in [-0.15, -0.1) is 0 Å². The molecule has 0 saturated carbocycles. The molecule has 0 saturated heterocycles. The Balaban J connectivity index is 2.13. The Morgan fingerprint density at radius 3 is 2.57 bits per heavy atom. The van der Waals surface area contributed by atoms with Crippen molar-refractivity contribution in [1.29, 1.82) is 0 Å². The van der Waals surface area contributed by atoms with Crippen LogP contribution >= 0.6 is 11.6 Å². The van der Waals surface area contributed by atoms with Crippen molar-refractivity contribution < 1.29 is 13.2 Å². The van der Waals surface area contributed by atoms with Gasteiger partial charge < -0.3 is 10.5 Å². The Labute approximate surface area is 129 Å². The fourth-order valence-electron chi connectivity index (χ4n) is 1.79. The van der Waals surface area contributed by atoms with Gasteiger partial charge in [0.2, 0.25) is 0 Å². The van der Waals surface area contributed by atoms with E-state index in [1.54, 1.807) is 18.2 Å². The Morgan fingerprint density at radius 1 is 1.19 bits per heavy atom. The molecule has 0 unspecified atom stereocenters. The van der Waals surface area contributed by atoms with Crippen LogP contribution in [0.15, 0.2) is 47.4 Å². The molecule has 0 aliphatic carbocycles. The van der Waals surface area contributed by atoms with Crippen LogP contribution in [0.3, 0.4) is 0 Å². The van der Waals surface area contributed by atoms with Crippen LogP contribution in [0.4, 0.5) is 0 Å². The van der Waals surface area contributed by atoms with Crippen molar-refractivity contribution in [3.05, 3.63) is 58.6 Å². The lowest BCUT2D eigenvalue weighted by molar-refractivity contribution is 0.305. The van der Waals surface area contributed by atoms with E-state index in [0.29, 0.717) is 17.3 Å². The molecule has 112 valence electrons. The highest BCUT2D eigenvalue weighted by molar-refractivity contribution is 7.90. The van der Waals surface area contributed by atoms with Crippen LogP contribution in [0.2, 0.25) is 5.02 Å². The van der Waals surface area contributed by atoms with Crippen LogP contribution in [0.25, 0.3) is 0 Å². The number of ether oxygens (including phenoxy) is 1. The summed E-state index contributed by atoms with van der Waals surface area (Å²) in [6.45, 7) is 0.689. The predicted molar refractivity (Wildman–Crippen MR) is 83.2 cm³/mol. The van der Waals surface area contributed by atoms with Crippen molar-refractivity contribution in [2.45, 2.75) is 18.0 Å². The Hall–Kier alpha value is -1.56. The molecular weight excluding hydrogens is 310 g/mol. The minimum absolute atomic E-state index is 0.226. The molecular formula is C15H16ClNO3S. The Morgan fingerprint density at radius 2 is 1.95 bits per heavy atom. The van der Waals surface area contributed by atoms with Crippen LogP contribution in [-0.2, 0) is 23.0 Å². The summed E-state index contributed by atoms with van der Waals surface area (Å²) in [4.78, 5) is 0.226. The molecule has 2 rings (SSSR count). The highest BCUT2D eigenvalue weighted by atomic mass is 35.5. The van der Waals surface area contributed by atoms with Crippen LogP contribution < -0.4 is 10.5 Å². The van der Waals surface area contributed by atoms with Crippen LogP contribution in [-0.4, -0.2) is 14.7 Å². The van der Waals surface area contributed by atoms with Crippen LogP contribution in [0, 0.1) is 0 Å². The van der Waals surface area contributed by atoms with Crippen molar-refractivity contribution in [3.63, 3.8) is 0 Å². The van der Waals surface area contributed by atoms with Crippen molar-refractivity contribution in [2.75, 3.05) is 6.26 Å². The minimum atomic E-state index is -3.25. The van der Waals surface area contributed by atoms with Crippen molar-refractivity contribution >= 4 is 21.4 Å². The third-order valence-corrected chi connectivity index (χ3v) is 4.44. The Kier molecular flexibility index (Phi) is 4.88. The van der Waals surface area contributed by atoms with E-state index in [2.05, 4.69) is 0 Å². The molecule has 0 aliphatic heterocycles. The van der Waals surface area contributed by atoms with E-state index < -0.39 is 9.84 Å². The smallest absolute Gasteiger partial charge is 0.175 e. The summed E-state index contributed by atoms with van der Waals surface area (Å²) < 4.78 is 28.6. The summed E-state index contributed by atoms with van der Waals surface area (Å²) in [7, 11) is -3.25. The van der Waals surface area contributed by atoms with E-state index >= 15 is 0 Å². The van der Waals surface area contributed by atoms with Gasteiger partial charge in [0.1, 0.15) is 12.4 Å². The van der Waals surface area contributed by atoms with Crippen LogP contribution in [0.5, 0.6) is 5.75 Å². The summed E-state index contributed by atoms with van der Waals surface area (Å²) in [5.41, 5.74) is 7.31. The maximum Gasteiger partial charge on any atom is 0.175 e. The van der Waals surface area contributed by atoms with Gasteiger partial charge in [0.05, 0.1) is 4.90 Å². The number of hydrogen-bond donors (Lipinski definition) is 1. The van der Waals surface area contributed by atoms with Gasteiger partial charge in [-0.25, -0.2) is 8.42 Å². The second kappa shape index (κ2) is 6.47. The normalized spacial score (nSPS) is 11.4. The van der Waals surface area contributed by atoms with E-state index in [4.69, 9.17) is 22.1 Å². The maximum atomic E-state index is 11.5. The first kappa shape index (κ1) is 15.8. The van der Waals surface area contributed by atoms with E-state index in [9.17, 15) is 8.42 Å². The number of nitrogens with two attached hydrogens (primary N) is 1. The first-order valence-corrected chi connectivity index (χ1v) is 8.57. The Bertz CT molecular complexity index is 744. The first-order chi connectivity index (χ1) is 9.90. The lowest BCUT2D eigenvalue weighted by Crippen LogP contribution is -2.01. The molecule has 0 heterocycles. The zero-order valence-corrected chi connectivity index (χ0v) is 13.1. The van der Waals surface area contributed by atoms with Gasteiger partial charge in [0.15, 0.2) is 9.84 Å². The zero-order chi connectivity index (χ0) is 15.5. The highest BCUT2D eigenvalue weighted by Crippen LogP contribution is 2.22. The third-order valence-electron chi connectivity index (χ3n) is 2.98. The summed E-state index contributed by atoms with van der Waals surface area (Å²) >= 11 is 6.15. The largest absolute Gasteiger partial charge is 0.489 e. The monoisotopic (exact) mass is 325 g/mol. The molecule has 6 heteroatoms. The molecule has 0 amide bonds. The number of halogens is 1. The summed E-state index contributed by atoms with van der Waals surface area (Å²) in [6.07, 6.45) is 1.16. The quantitative estimate of drug-likeness (QED) is 0.917. The molecule has 0 radical (unpaired) electrons. The van der Waals surface area contributed by atoms with E-state index in [-0.39, 0.29) is 11.5 Å². The summed E-state index contributed by atoms with van der Waals surface area (Å²) in [5, 5.41) is 0.581. The molecule has 0 spiro atoms. The molecule has 0 atom stereocenters. The average Bonchev–Trinajstić information content (AvgIpc) is 2.45. The molecule has 0 aromatic heterocycles. The molecule has 21 heavy (non-hydrogen) atoms.